The van der Waals surface area contributed by atoms with E-state index in [0.717, 1.165) is 15.3 Å². The van der Waals surface area contributed by atoms with Gasteiger partial charge >= 0.3 is 6.18 Å². The van der Waals surface area contributed by atoms with Crippen LogP contribution in [-0.4, -0.2) is 39.9 Å². The molecule has 2 N–H and O–H groups in total. The minimum absolute atomic E-state index is 0.0949. The van der Waals surface area contributed by atoms with Crippen LogP contribution in [0.25, 0.3) is 10.8 Å². The first-order valence-electron chi connectivity index (χ1n) is 9.86. The van der Waals surface area contributed by atoms with Gasteiger partial charge in [-0.05, 0) is 17.9 Å². The SMILES string of the molecule is Cn1ccnc1C(O)(CCNC(=O)CCCOc1cccc2ccccc12)C(F)(F)F. The van der Waals surface area contributed by atoms with Crippen LogP contribution in [0.1, 0.15) is 25.1 Å². The first kappa shape index (κ1) is 22.6. The summed E-state index contributed by atoms with van der Waals surface area (Å²) in [6.07, 6.45) is -2.67. The van der Waals surface area contributed by atoms with E-state index < -0.39 is 29.9 Å². The summed E-state index contributed by atoms with van der Waals surface area (Å²) in [4.78, 5) is 15.6. The molecule has 1 heterocycles. The van der Waals surface area contributed by atoms with Gasteiger partial charge in [0.2, 0.25) is 11.5 Å². The maximum atomic E-state index is 13.5. The zero-order chi connectivity index (χ0) is 22.5. The van der Waals surface area contributed by atoms with E-state index in [-0.39, 0.29) is 13.0 Å². The Labute approximate surface area is 177 Å². The number of imidazole rings is 1. The Kier molecular flexibility index (Phi) is 6.84. The minimum Gasteiger partial charge on any atom is -0.493 e. The molecule has 6 nitrogen and oxygen atoms in total. The first-order chi connectivity index (χ1) is 14.7. The molecule has 31 heavy (non-hydrogen) atoms. The number of ether oxygens (including phenoxy) is 1. The van der Waals surface area contributed by atoms with Crippen molar-refractivity contribution >= 4 is 16.7 Å². The number of carbonyl (C=O) groups excluding carboxylic acids is 1. The number of halogens is 3. The van der Waals surface area contributed by atoms with Crippen LogP contribution >= 0.6 is 0 Å². The van der Waals surface area contributed by atoms with Gasteiger partial charge in [0.05, 0.1) is 6.61 Å². The summed E-state index contributed by atoms with van der Waals surface area (Å²) >= 11 is 0. The van der Waals surface area contributed by atoms with E-state index in [9.17, 15) is 23.1 Å². The topological polar surface area (TPSA) is 76.4 Å². The first-order valence-corrected chi connectivity index (χ1v) is 9.86. The van der Waals surface area contributed by atoms with E-state index in [4.69, 9.17) is 4.74 Å². The summed E-state index contributed by atoms with van der Waals surface area (Å²) in [5.74, 6) is -0.215. The number of benzene rings is 2. The second-order valence-electron chi connectivity index (χ2n) is 7.25. The normalized spacial score (nSPS) is 13.7. The molecule has 9 heteroatoms. The monoisotopic (exact) mass is 435 g/mol. The van der Waals surface area contributed by atoms with E-state index in [1.807, 2.05) is 42.5 Å². The van der Waals surface area contributed by atoms with Gasteiger partial charge in [0.25, 0.3) is 0 Å². The summed E-state index contributed by atoms with van der Waals surface area (Å²) in [6.45, 7) is -0.0485. The van der Waals surface area contributed by atoms with Crippen molar-refractivity contribution < 1.29 is 27.8 Å². The predicted octanol–water partition coefficient (Wildman–Crippen LogP) is 3.69. The second-order valence-corrected chi connectivity index (χ2v) is 7.25. The van der Waals surface area contributed by atoms with E-state index in [1.165, 1.54) is 19.4 Å². The number of hydrogen-bond donors (Lipinski definition) is 2. The standard InChI is InChI=1S/C22H24F3N3O3/c1-28-14-13-27-20(28)21(30,22(23,24)25)11-12-26-19(29)10-5-15-31-18-9-4-7-16-6-2-3-8-17(16)18/h2-4,6-9,13-14,30H,5,10-12,15H2,1H3,(H,26,29). The number of carbonyl (C=O) groups is 1. The number of rotatable bonds is 9. The van der Waals surface area contributed by atoms with Crippen LogP contribution in [0.4, 0.5) is 13.2 Å². The molecule has 3 rings (SSSR count). The minimum atomic E-state index is -4.93. The van der Waals surface area contributed by atoms with Crippen LogP contribution < -0.4 is 10.1 Å². The number of hydrogen-bond acceptors (Lipinski definition) is 4. The fraction of sp³-hybridized carbons (Fsp3) is 0.364. The van der Waals surface area contributed by atoms with E-state index in [2.05, 4.69) is 10.3 Å². The molecule has 0 aliphatic heterocycles. The third-order valence-electron chi connectivity index (χ3n) is 5.02. The molecule has 2 aromatic carbocycles. The summed E-state index contributed by atoms with van der Waals surface area (Å²) < 4.78 is 47.2. The number of aromatic nitrogens is 2. The molecule has 1 aromatic heterocycles. The number of amides is 1. The van der Waals surface area contributed by atoms with Crippen LogP contribution in [0.2, 0.25) is 0 Å². The summed E-state index contributed by atoms with van der Waals surface area (Å²) in [6, 6.07) is 13.5. The molecule has 0 bridgehead atoms. The Balaban J connectivity index is 1.46. The average Bonchev–Trinajstić information content (AvgIpc) is 3.16. The van der Waals surface area contributed by atoms with Gasteiger partial charge in [-0.25, -0.2) is 4.98 Å². The molecule has 1 amide bonds. The van der Waals surface area contributed by atoms with Gasteiger partial charge in [0, 0.05) is 44.2 Å². The van der Waals surface area contributed by atoms with Crippen molar-refractivity contribution in [2.75, 3.05) is 13.2 Å². The number of nitrogens with one attached hydrogen (secondary N) is 1. The van der Waals surface area contributed by atoms with Crippen LogP contribution in [0.5, 0.6) is 5.75 Å². The molecule has 166 valence electrons. The Morgan fingerprint density at radius 1 is 1.19 bits per heavy atom. The predicted molar refractivity (Wildman–Crippen MR) is 109 cm³/mol. The van der Waals surface area contributed by atoms with Crippen molar-refractivity contribution in [1.82, 2.24) is 14.9 Å². The zero-order valence-corrected chi connectivity index (χ0v) is 17.0. The highest BCUT2D eigenvalue weighted by Gasteiger charge is 2.57. The van der Waals surface area contributed by atoms with Gasteiger partial charge in [0.15, 0.2) is 0 Å². The van der Waals surface area contributed by atoms with Crippen LogP contribution in [0, 0.1) is 0 Å². The van der Waals surface area contributed by atoms with Gasteiger partial charge in [-0.2, -0.15) is 13.2 Å². The van der Waals surface area contributed by atoms with Crippen LogP contribution in [0.3, 0.4) is 0 Å². The van der Waals surface area contributed by atoms with Gasteiger partial charge in [0.1, 0.15) is 11.6 Å². The molecular weight excluding hydrogens is 411 g/mol. The number of aliphatic hydroxyl groups is 1. The number of aryl methyl sites for hydroxylation is 1. The highest BCUT2D eigenvalue weighted by Crippen LogP contribution is 2.40. The van der Waals surface area contributed by atoms with Gasteiger partial charge in [-0.3, -0.25) is 4.79 Å². The number of nitrogens with zero attached hydrogens (tertiary/aromatic N) is 2. The van der Waals surface area contributed by atoms with Gasteiger partial charge < -0.3 is 19.7 Å². The lowest BCUT2D eigenvalue weighted by atomic mass is 9.97. The van der Waals surface area contributed by atoms with Gasteiger partial charge in [-0.1, -0.05) is 36.4 Å². The van der Waals surface area contributed by atoms with Crippen molar-refractivity contribution in [3.8, 4) is 5.75 Å². The summed E-state index contributed by atoms with van der Waals surface area (Å²) in [7, 11) is 1.37. The van der Waals surface area contributed by atoms with Crippen molar-refractivity contribution in [2.45, 2.75) is 31.0 Å². The molecule has 0 radical (unpaired) electrons. The summed E-state index contributed by atoms with van der Waals surface area (Å²) in [5, 5.41) is 14.7. The van der Waals surface area contributed by atoms with E-state index in [1.54, 1.807) is 0 Å². The molecule has 1 unspecified atom stereocenters. The molecule has 0 saturated heterocycles. The van der Waals surface area contributed by atoms with Crippen molar-refractivity contribution in [3.63, 3.8) is 0 Å². The summed E-state index contributed by atoms with van der Waals surface area (Å²) in [5.41, 5.74) is -3.14. The molecule has 0 aliphatic carbocycles. The molecule has 1 atom stereocenters. The Morgan fingerprint density at radius 3 is 2.65 bits per heavy atom. The zero-order valence-electron chi connectivity index (χ0n) is 17.0. The fourth-order valence-electron chi connectivity index (χ4n) is 3.35. The molecule has 3 aromatic rings. The molecule has 0 saturated carbocycles. The van der Waals surface area contributed by atoms with E-state index >= 15 is 0 Å². The second kappa shape index (κ2) is 9.38. The van der Waals surface area contributed by atoms with E-state index in [0.29, 0.717) is 18.8 Å². The molecular formula is C22H24F3N3O3. The lowest BCUT2D eigenvalue weighted by Crippen LogP contribution is -2.46. The van der Waals surface area contributed by atoms with Crippen molar-refractivity contribution in [3.05, 3.63) is 60.7 Å². The fourth-order valence-corrected chi connectivity index (χ4v) is 3.35. The highest BCUT2D eigenvalue weighted by atomic mass is 19.4. The third kappa shape index (κ3) is 5.16. The average molecular weight is 435 g/mol. The molecule has 0 spiro atoms. The molecule has 0 fully saturated rings. The van der Waals surface area contributed by atoms with Crippen LogP contribution in [-0.2, 0) is 17.4 Å². The van der Waals surface area contributed by atoms with Crippen molar-refractivity contribution in [2.24, 2.45) is 7.05 Å². The Hall–Kier alpha value is -3.07. The Morgan fingerprint density at radius 2 is 1.94 bits per heavy atom. The smallest absolute Gasteiger partial charge is 0.424 e. The number of fused-ring (bicyclic) bond motifs is 1. The maximum absolute atomic E-state index is 13.5. The largest absolute Gasteiger partial charge is 0.493 e. The lowest BCUT2D eigenvalue weighted by Gasteiger charge is -2.30. The quantitative estimate of drug-likeness (QED) is 0.503. The third-order valence-corrected chi connectivity index (χ3v) is 5.02. The molecule has 0 aliphatic rings. The highest BCUT2D eigenvalue weighted by molar-refractivity contribution is 5.88. The Bertz CT molecular complexity index is 1030. The lowest BCUT2D eigenvalue weighted by molar-refractivity contribution is -0.272. The van der Waals surface area contributed by atoms with Crippen molar-refractivity contribution in [1.29, 1.82) is 0 Å². The van der Waals surface area contributed by atoms with Gasteiger partial charge in [-0.15, -0.1) is 0 Å². The van der Waals surface area contributed by atoms with Crippen LogP contribution in [0.15, 0.2) is 54.9 Å². The maximum Gasteiger partial charge on any atom is 0.424 e. The number of alkyl halides is 3.